The lowest BCUT2D eigenvalue weighted by molar-refractivity contribution is -0.129. The second kappa shape index (κ2) is 7.29. The van der Waals surface area contributed by atoms with Crippen LogP contribution < -0.4 is 0 Å². The van der Waals surface area contributed by atoms with Crippen molar-refractivity contribution in [2.45, 2.75) is 31.7 Å². The highest BCUT2D eigenvalue weighted by Crippen LogP contribution is 2.19. The molecule has 1 atom stereocenters. The summed E-state index contributed by atoms with van der Waals surface area (Å²) in [5, 5.41) is 0. The maximum absolute atomic E-state index is 12.1. The van der Waals surface area contributed by atoms with E-state index >= 15 is 0 Å². The van der Waals surface area contributed by atoms with Gasteiger partial charge in [0.1, 0.15) is 6.61 Å². The number of halogens is 1. The lowest BCUT2D eigenvalue weighted by Gasteiger charge is -2.19. The Morgan fingerprint density at radius 3 is 2.75 bits per heavy atom. The maximum atomic E-state index is 12.1. The molecule has 4 nitrogen and oxygen atoms in total. The minimum atomic E-state index is -0.526. The van der Waals surface area contributed by atoms with Crippen LogP contribution in [0, 0.1) is 0 Å². The Morgan fingerprint density at radius 2 is 2.05 bits per heavy atom. The van der Waals surface area contributed by atoms with Gasteiger partial charge in [-0.25, -0.2) is 9.69 Å². The second-order valence-corrected chi connectivity index (χ2v) is 5.21. The van der Waals surface area contributed by atoms with Crippen molar-refractivity contribution in [1.29, 1.82) is 0 Å². The van der Waals surface area contributed by atoms with Crippen molar-refractivity contribution in [3.05, 3.63) is 35.9 Å². The van der Waals surface area contributed by atoms with E-state index in [2.05, 4.69) is 0 Å². The van der Waals surface area contributed by atoms with Gasteiger partial charge in [-0.15, -0.1) is 11.6 Å². The first-order valence-electron chi connectivity index (χ1n) is 6.81. The molecule has 108 valence electrons. The number of ether oxygens (including phenoxy) is 1. The number of carbonyl (C=O) groups is 2. The number of imide groups is 1. The van der Waals surface area contributed by atoms with E-state index in [4.69, 9.17) is 16.3 Å². The van der Waals surface area contributed by atoms with Crippen molar-refractivity contribution in [3.8, 4) is 0 Å². The van der Waals surface area contributed by atoms with Gasteiger partial charge in [0.05, 0.1) is 6.04 Å². The Hall–Kier alpha value is -1.55. The Morgan fingerprint density at radius 1 is 1.30 bits per heavy atom. The number of unbranched alkanes of at least 4 members (excludes halogenated alkanes) is 1. The van der Waals surface area contributed by atoms with Gasteiger partial charge in [-0.1, -0.05) is 30.3 Å². The molecule has 1 heterocycles. The minimum Gasteiger partial charge on any atom is -0.447 e. The Balaban J connectivity index is 1.97. The molecule has 0 bridgehead atoms. The highest BCUT2D eigenvalue weighted by atomic mass is 35.5. The van der Waals surface area contributed by atoms with Crippen LogP contribution in [0.5, 0.6) is 0 Å². The first kappa shape index (κ1) is 14.9. The van der Waals surface area contributed by atoms with E-state index in [0.717, 1.165) is 12.0 Å². The van der Waals surface area contributed by atoms with Gasteiger partial charge in [-0.3, -0.25) is 4.79 Å². The van der Waals surface area contributed by atoms with Gasteiger partial charge in [-0.05, 0) is 24.8 Å². The molecular formula is C15H18ClNO3. The maximum Gasteiger partial charge on any atom is 0.416 e. The summed E-state index contributed by atoms with van der Waals surface area (Å²) in [5.41, 5.74) is 1.09. The van der Waals surface area contributed by atoms with Crippen LogP contribution in [0.25, 0.3) is 0 Å². The fourth-order valence-electron chi connectivity index (χ4n) is 2.29. The number of rotatable bonds is 6. The fourth-order valence-corrected chi connectivity index (χ4v) is 2.48. The molecule has 1 aromatic rings. The summed E-state index contributed by atoms with van der Waals surface area (Å²) in [5.74, 6) is 0.365. The summed E-state index contributed by atoms with van der Waals surface area (Å²) in [6.07, 6.45) is 1.92. The molecule has 1 aliphatic rings. The van der Waals surface area contributed by atoms with Crippen LogP contribution >= 0.6 is 11.6 Å². The van der Waals surface area contributed by atoms with Crippen LogP contribution in [0.1, 0.15) is 24.8 Å². The molecule has 0 saturated carbocycles. The smallest absolute Gasteiger partial charge is 0.416 e. The molecule has 20 heavy (non-hydrogen) atoms. The van der Waals surface area contributed by atoms with Crippen LogP contribution in [0.4, 0.5) is 4.79 Å². The molecular weight excluding hydrogens is 278 g/mol. The standard InChI is InChI=1S/C15H18ClNO3/c16-9-5-4-8-14(18)17-13(11-20-15(17)19)10-12-6-2-1-3-7-12/h1-3,6-7,13H,4-5,8-11H2/t13-/m0/s1. The largest absolute Gasteiger partial charge is 0.447 e. The lowest BCUT2D eigenvalue weighted by atomic mass is 10.1. The first-order valence-corrected chi connectivity index (χ1v) is 7.34. The molecule has 0 aromatic heterocycles. The van der Waals surface area contributed by atoms with Crippen LogP contribution in [0.3, 0.4) is 0 Å². The topological polar surface area (TPSA) is 46.6 Å². The number of cyclic esters (lactones) is 1. The van der Waals surface area contributed by atoms with E-state index in [1.165, 1.54) is 4.90 Å². The van der Waals surface area contributed by atoms with Crippen LogP contribution in [0.2, 0.25) is 0 Å². The molecule has 0 radical (unpaired) electrons. The van der Waals surface area contributed by atoms with Crippen molar-refractivity contribution in [1.82, 2.24) is 4.90 Å². The SMILES string of the molecule is O=C(CCCCCl)N1C(=O)OC[C@@H]1Cc1ccccc1. The highest BCUT2D eigenvalue weighted by molar-refractivity contribution is 6.17. The molecule has 2 amide bonds. The van der Waals surface area contributed by atoms with Gasteiger partial charge in [0.2, 0.25) is 5.91 Å². The average Bonchev–Trinajstić information content (AvgIpc) is 2.81. The number of hydrogen-bond donors (Lipinski definition) is 0. The van der Waals surface area contributed by atoms with Gasteiger partial charge in [0, 0.05) is 12.3 Å². The third-order valence-corrected chi connectivity index (χ3v) is 3.59. The van der Waals surface area contributed by atoms with Gasteiger partial charge < -0.3 is 4.74 Å². The van der Waals surface area contributed by atoms with Crippen molar-refractivity contribution < 1.29 is 14.3 Å². The van der Waals surface area contributed by atoms with Gasteiger partial charge >= 0.3 is 6.09 Å². The Labute approximate surface area is 123 Å². The van der Waals surface area contributed by atoms with Crippen molar-refractivity contribution in [3.63, 3.8) is 0 Å². The number of carbonyl (C=O) groups excluding carboxylic acids is 2. The highest BCUT2D eigenvalue weighted by Gasteiger charge is 2.37. The van der Waals surface area contributed by atoms with E-state index in [-0.39, 0.29) is 18.6 Å². The summed E-state index contributed by atoms with van der Waals surface area (Å²) in [6.45, 7) is 0.273. The first-order chi connectivity index (χ1) is 9.72. The normalized spacial score (nSPS) is 18.1. The van der Waals surface area contributed by atoms with E-state index < -0.39 is 6.09 Å². The van der Waals surface area contributed by atoms with E-state index in [1.54, 1.807) is 0 Å². The summed E-state index contributed by atoms with van der Waals surface area (Å²) in [4.78, 5) is 25.1. The Bertz CT molecular complexity index is 463. The molecule has 0 aliphatic carbocycles. The van der Waals surface area contributed by atoms with Crippen LogP contribution in [-0.4, -0.2) is 35.4 Å². The predicted molar refractivity (Wildman–Crippen MR) is 76.7 cm³/mol. The molecule has 0 N–H and O–H groups in total. The summed E-state index contributed by atoms with van der Waals surface area (Å²) >= 11 is 5.59. The predicted octanol–water partition coefficient (Wildman–Crippen LogP) is 2.99. The molecule has 5 heteroatoms. The third-order valence-electron chi connectivity index (χ3n) is 3.32. The molecule has 0 unspecified atom stereocenters. The molecule has 1 aliphatic heterocycles. The second-order valence-electron chi connectivity index (χ2n) is 4.83. The molecule has 2 rings (SSSR count). The fraction of sp³-hybridized carbons (Fsp3) is 0.467. The van der Waals surface area contributed by atoms with Crippen LogP contribution in [0.15, 0.2) is 30.3 Å². The van der Waals surface area contributed by atoms with Crippen LogP contribution in [-0.2, 0) is 16.0 Å². The molecule has 1 fully saturated rings. The van der Waals surface area contributed by atoms with Crippen molar-refractivity contribution >= 4 is 23.6 Å². The zero-order chi connectivity index (χ0) is 14.4. The van der Waals surface area contributed by atoms with Gasteiger partial charge in [0.15, 0.2) is 0 Å². The van der Waals surface area contributed by atoms with E-state index in [9.17, 15) is 9.59 Å². The van der Waals surface area contributed by atoms with Gasteiger partial charge in [0.25, 0.3) is 0 Å². The van der Waals surface area contributed by atoms with E-state index in [1.807, 2.05) is 30.3 Å². The van der Waals surface area contributed by atoms with Crippen molar-refractivity contribution in [2.24, 2.45) is 0 Å². The van der Waals surface area contributed by atoms with Crippen molar-refractivity contribution in [2.75, 3.05) is 12.5 Å². The van der Waals surface area contributed by atoms with Gasteiger partial charge in [-0.2, -0.15) is 0 Å². The zero-order valence-corrected chi connectivity index (χ0v) is 12.0. The molecule has 0 spiro atoms. The number of alkyl halides is 1. The summed E-state index contributed by atoms with van der Waals surface area (Å²) < 4.78 is 5.02. The third kappa shape index (κ3) is 3.73. The Kier molecular flexibility index (Phi) is 5.41. The molecule has 1 aromatic carbocycles. The quantitative estimate of drug-likeness (QED) is 0.599. The lowest BCUT2D eigenvalue weighted by Crippen LogP contribution is -2.40. The number of benzene rings is 1. The minimum absolute atomic E-state index is 0.168. The monoisotopic (exact) mass is 295 g/mol. The summed E-state index contributed by atoms with van der Waals surface area (Å²) in [6, 6.07) is 9.60. The number of nitrogens with zero attached hydrogens (tertiary/aromatic N) is 1. The number of amides is 2. The zero-order valence-electron chi connectivity index (χ0n) is 11.3. The summed E-state index contributed by atoms with van der Waals surface area (Å²) in [7, 11) is 0. The number of hydrogen-bond acceptors (Lipinski definition) is 3. The van der Waals surface area contributed by atoms with E-state index in [0.29, 0.717) is 25.1 Å². The molecule has 1 saturated heterocycles. The average molecular weight is 296 g/mol.